The first-order valence-electron chi connectivity index (χ1n) is 5.07. The fourth-order valence-electron chi connectivity index (χ4n) is 1.42. The minimum absolute atomic E-state index is 0.545. The van der Waals surface area contributed by atoms with Crippen LogP contribution in [0.5, 0.6) is 0 Å². The summed E-state index contributed by atoms with van der Waals surface area (Å²) in [5.74, 6) is 0. The van der Waals surface area contributed by atoms with Gasteiger partial charge < -0.3 is 5.73 Å². The van der Waals surface area contributed by atoms with Crippen LogP contribution in [0.1, 0.15) is 12.0 Å². The van der Waals surface area contributed by atoms with E-state index < -0.39 is 8.80 Å². The van der Waals surface area contributed by atoms with Gasteiger partial charge in [-0.15, -0.1) is 0 Å². The van der Waals surface area contributed by atoms with Crippen molar-refractivity contribution in [1.82, 2.24) is 0 Å². The van der Waals surface area contributed by atoms with Gasteiger partial charge in [-0.05, 0) is 18.2 Å². The molecule has 0 bridgehead atoms. The zero-order valence-corrected chi connectivity index (χ0v) is 9.52. The molecule has 0 saturated carbocycles. The summed E-state index contributed by atoms with van der Waals surface area (Å²) in [6.07, 6.45) is 3.49. The highest BCUT2D eigenvalue weighted by atomic mass is 28.3. The average Bonchev–Trinajstić information content (AvgIpc) is 2.19. The fourth-order valence-corrected chi connectivity index (χ4v) is 2.55. The molecule has 0 fully saturated rings. The van der Waals surface area contributed by atoms with Crippen LogP contribution < -0.4 is 5.73 Å². The molecule has 0 spiro atoms. The number of hydrogen-bond acceptors (Lipinski definition) is 1. The molecule has 1 aromatic rings. The Bertz CT molecular complexity index is 223. The molecule has 1 rings (SSSR count). The molecular weight excluding hydrogens is 174 g/mol. The molecule has 2 N–H and O–H groups in total. The van der Waals surface area contributed by atoms with E-state index in [1.54, 1.807) is 0 Å². The monoisotopic (exact) mass is 193 g/mol. The Morgan fingerprint density at radius 3 is 2.54 bits per heavy atom. The van der Waals surface area contributed by atoms with Gasteiger partial charge in [0.2, 0.25) is 0 Å². The van der Waals surface area contributed by atoms with Crippen LogP contribution in [0.2, 0.25) is 12.6 Å². The predicted octanol–water partition coefficient (Wildman–Crippen LogP) is 1.97. The van der Waals surface area contributed by atoms with E-state index in [4.69, 9.17) is 5.73 Å². The minimum atomic E-state index is -0.545. The Labute approximate surface area is 82.6 Å². The van der Waals surface area contributed by atoms with Crippen molar-refractivity contribution in [2.24, 2.45) is 5.73 Å². The lowest BCUT2D eigenvalue weighted by Gasteiger charge is -2.05. The summed E-state index contributed by atoms with van der Waals surface area (Å²) in [7, 11) is -0.545. The first-order chi connectivity index (χ1) is 6.33. The zero-order valence-electron chi connectivity index (χ0n) is 8.37. The van der Waals surface area contributed by atoms with E-state index in [-0.39, 0.29) is 0 Å². The Morgan fingerprint density at radius 2 is 1.92 bits per heavy atom. The van der Waals surface area contributed by atoms with Crippen LogP contribution in [0, 0.1) is 0 Å². The second-order valence-electron chi connectivity index (χ2n) is 3.72. The molecule has 0 radical (unpaired) electrons. The van der Waals surface area contributed by atoms with Crippen molar-refractivity contribution in [2.75, 3.05) is 6.17 Å². The standard InChI is InChI=1S/C11H19NSi/c1-13(10-12)9-5-8-11-6-3-2-4-7-11/h2-4,6-7,13H,5,8-10,12H2,1H3. The van der Waals surface area contributed by atoms with Crippen LogP contribution in [0.3, 0.4) is 0 Å². The molecule has 0 heterocycles. The molecule has 0 aliphatic heterocycles. The van der Waals surface area contributed by atoms with E-state index in [1.807, 2.05) is 0 Å². The maximum Gasteiger partial charge on any atom is 0.0493 e. The van der Waals surface area contributed by atoms with Crippen molar-refractivity contribution in [3.05, 3.63) is 35.9 Å². The van der Waals surface area contributed by atoms with E-state index in [9.17, 15) is 0 Å². The van der Waals surface area contributed by atoms with Crippen molar-refractivity contribution >= 4 is 8.80 Å². The molecule has 0 aliphatic rings. The Hall–Kier alpha value is -0.603. The van der Waals surface area contributed by atoms with E-state index in [0.717, 1.165) is 6.17 Å². The molecule has 72 valence electrons. The van der Waals surface area contributed by atoms with Crippen molar-refractivity contribution in [1.29, 1.82) is 0 Å². The topological polar surface area (TPSA) is 26.0 Å². The van der Waals surface area contributed by atoms with Gasteiger partial charge in [0, 0.05) is 8.80 Å². The summed E-state index contributed by atoms with van der Waals surface area (Å²) >= 11 is 0. The van der Waals surface area contributed by atoms with Gasteiger partial charge >= 0.3 is 0 Å². The van der Waals surface area contributed by atoms with E-state index in [0.29, 0.717) is 0 Å². The first kappa shape index (κ1) is 10.5. The highest BCUT2D eigenvalue weighted by molar-refractivity contribution is 6.57. The Kier molecular flexibility index (Phi) is 4.79. The van der Waals surface area contributed by atoms with Crippen molar-refractivity contribution in [2.45, 2.75) is 25.4 Å². The largest absolute Gasteiger partial charge is 0.333 e. The smallest absolute Gasteiger partial charge is 0.0493 e. The molecule has 0 aliphatic carbocycles. The summed E-state index contributed by atoms with van der Waals surface area (Å²) in [6, 6.07) is 12.1. The number of benzene rings is 1. The molecule has 1 aromatic carbocycles. The zero-order chi connectivity index (χ0) is 9.52. The Morgan fingerprint density at radius 1 is 1.23 bits per heavy atom. The molecule has 0 saturated heterocycles. The van der Waals surface area contributed by atoms with Crippen molar-refractivity contribution in [3.63, 3.8) is 0 Å². The van der Waals surface area contributed by atoms with Crippen LogP contribution in [0.25, 0.3) is 0 Å². The van der Waals surface area contributed by atoms with E-state index in [2.05, 4.69) is 36.9 Å². The molecule has 1 unspecified atom stereocenters. The normalized spacial score (nSPS) is 12.8. The van der Waals surface area contributed by atoms with Crippen LogP contribution in [0.15, 0.2) is 30.3 Å². The number of nitrogens with two attached hydrogens (primary N) is 1. The predicted molar refractivity (Wildman–Crippen MR) is 61.6 cm³/mol. The maximum atomic E-state index is 5.61. The van der Waals surface area contributed by atoms with Gasteiger partial charge in [-0.25, -0.2) is 0 Å². The van der Waals surface area contributed by atoms with Crippen LogP contribution in [0.4, 0.5) is 0 Å². The molecule has 1 atom stereocenters. The molecule has 1 nitrogen and oxygen atoms in total. The summed E-state index contributed by atoms with van der Waals surface area (Å²) in [5, 5.41) is 0. The van der Waals surface area contributed by atoms with E-state index in [1.165, 1.54) is 24.4 Å². The van der Waals surface area contributed by atoms with Crippen molar-refractivity contribution in [3.8, 4) is 0 Å². The lowest BCUT2D eigenvalue weighted by molar-refractivity contribution is 0.905. The quantitative estimate of drug-likeness (QED) is 0.711. The second-order valence-corrected chi connectivity index (χ2v) is 6.98. The SMILES string of the molecule is C[SiH](CN)CCCc1ccccc1. The third kappa shape index (κ3) is 4.25. The van der Waals surface area contributed by atoms with Gasteiger partial charge in [0.15, 0.2) is 0 Å². The number of hydrogen-bond donors (Lipinski definition) is 1. The molecular formula is C11H19NSi. The van der Waals surface area contributed by atoms with Crippen molar-refractivity contribution < 1.29 is 0 Å². The van der Waals surface area contributed by atoms with Gasteiger partial charge in [-0.3, -0.25) is 0 Å². The summed E-state index contributed by atoms with van der Waals surface area (Å²) in [4.78, 5) is 0. The lowest BCUT2D eigenvalue weighted by Crippen LogP contribution is -2.20. The lowest BCUT2D eigenvalue weighted by atomic mass is 10.1. The Balaban J connectivity index is 2.20. The molecule has 2 heteroatoms. The van der Waals surface area contributed by atoms with Gasteiger partial charge in [-0.2, -0.15) is 0 Å². The highest BCUT2D eigenvalue weighted by Crippen LogP contribution is 2.06. The summed E-state index contributed by atoms with van der Waals surface area (Å²) < 4.78 is 0. The maximum absolute atomic E-state index is 5.61. The van der Waals surface area contributed by atoms with Gasteiger partial charge in [0.1, 0.15) is 0 Å². The van der Waals surface area contributed by atoms with Gasteiger partial charge in [0.05, 0.1) is 0 Å². The van der Waals surface area contributed by atoms with Crippen LogP contribution >= 0.6 is 0 Å². The summed E-state index contributed by atoms with van der Waals surface area (Å²) in [6.45, 7) is 2.35. The van der Waals surface area contributed by atoms with Crippen LogP contribution in [-0.4, -0.2) is 15.0 Å². The van der Waals surface area contributed by atoms with Gasteiger partial charge in [-0.1, -0.05) is 49.3 Å². The number of rotatable bonds is 5. The first-order valence-corrected chi connectivity index (χ1v) is 7.85. The highest BCUT2D eigenvalue weighted by Gasteiger charge is 2.00. The van der Waals surface area contributed by atoms with Gasteiger partial charge in [0.25, 0.3) is 0 Å². The molecule has 0 aromatic heterocycles. The molecule has 0 amide bonds. The summed E-state index contributed by atoms with van der Waals surface area (Å²) in [5.41, 5.74) is 7.07. The van der Waals surface area contributed by atoms with E-state index >= 15 is 0 Å². The minimum Gasteiger partial charge on any atom is -0.333 e. The molecule has 13 heavy (non-hydrogen) atoms. The fraction of sp³-hybridized carbons (Fsp3) is 0.455. The average molecular weight is 193 g/mol. The third-order valence-electron chi connectivity index (χ3n) is 2.41. The third-order valence-corrected chi connectivity index (χ3v) is 4.61. The second kappa shape index (κ2) is 5.94. The number of aryl methyl sites for hydroxylation is 1. The van der Waals surface area contributed by atoms with Crippen LogP contribution in [-0.2, 0) is 6.42 Å².